The predicted molar refractivity (Wildman–Crippen MR) is 70.8 cm³/mol. The van der Waals surface area contributed by atoms with Gasteiger partial charge in [-0.15, -0.1) is 0 Å². The van der Waals surface area contributed by atoms with E-state index in [0.29, 0.717) is 32.7 Å². The van der Waals surface area contributed by atoms with Crippen LogP contribution in [0.3, 0.4) is 0 Å². The summed E-state index contributed by atoms with van der Waals surface area (Å²) in [6, 6.07) is 0. The van der Waals surface area contributed by atoms with E-state index in [4.69, 9.17) is 4.74 Å². The fourth-order valence-electron chi connectivity index (χ4n) is 2.06. The molecule has 0 bridgehead atoms. The van der Waals surface area contributed by atoms with E-state index in [1.54, 1.807) is 12.0 Å². The quantitative estimate of drug-likeness (QED) is 0.482. The van der Waals surface area contributed by atoms with Crippen molar-refractivity contribution in [3.8, 4) is 0 Å². The van der Waals surface area contributed by atoms with Crippen molar-refractivity contribution in [2.45, 2.75) is 19.3 Å². The summed E-state index contributed by atoms with van der Waals surface area (Å²) >= 11 is 0. The number of amides is 2. The van der Waals surface area contributed by atoms with Crippen LogP contribution in [0.15, 0.2) is 0 Å². The smallest absolute Gasteiger partial charge is 0.305 e. The minimum absolute atomic E-state index is 0.0169. The van der Waals surface area contributed by atoms with Gasteiger partial charge in [0, 0.05) is 39.6 Å². The molecule has 1 heterocycles. The molecule has 0 saturated carbocycles. The van der Waals surface area contributed by atoms with Gasteiger partial charge in [-0.2, -0.15) is 0 Å². The molecular formula is C13H22N2O5. The number of carbonyl (C=O) groups is 3. The Morgan fingerprint density at radius 1 is 1.40 bits per heavy atom. The number of nitrogens with zero attached hydrogens (tertiary/aromatic N) is 1. The van der Waals surface area contributed by atoms with E-state index in [2.05, 4.69) is 10.1 Å². The SMILES string of the molecule is COCCN1CC(C(=O)NCCCC(=O)OC)CC1=O. The minimum Gasteiger partial charge on any atom is -0.469 e. The van der Waals surface area contributed by atoms with Crippen LogP contribution < -0.4 is 5.32 Å². The Hall–Kier alpha value is -1.63. The van der Waals surface area contributed by atoms with E-state index >= 15 is 0 Å². The lowest BCUT2D eigenvalue weighted by molar-refractivity contribution is -0.140. The predicted octanol–water partition coefficient (Wildman–Crippen LogP) is -0.449. The first-order valence-electron chi connectivity index (χ1n) is 6.69. The van der Waals surface area contributed by atoms with Crippen molar-refractivity contribution < 1.29 is 23.9 Å². The van der Waals surface area contributed by atoms with Gasteiger partial charge in [0.05, 0.1) is 19.6 Å². The number of nitrogens with one attached hydrogen (secondary N) is 1. The third-order valence-electron chi connectivity index (χ3n) is 3.24. The van der Waals surface area contributed by atoms with Crippen LogP contribution in [0.5, 0.6) is 0 Å². The Morgan fingerprint density at radius 2 is 2.15 bits per heavy atom. The highest BCUT2D eigenvalue weighted by Gasteiger charge is 2.33. The molecule has 0 spiro atoms. The summed E-state index contributed by atoms with van der Waals surface area (Å²) in [6.07, 6.45) is 1.05. The maximum atomic E-state index is 11.9. The van der Waals surface area contributed by atoms with Gasteiger partial charge in [-0.25, -0.2) is 0 Å². The zero-order chi connectivity index (χ0) is 15.0. The highest BCUT2D eigenvalue weighted by Crippen LogP contribution is 2.17. The average molecular weight is 286 g/mol. The van der Waals surface area contributed by atoms with Crippen molar-refractivity contribution in [3.63, 3.8) is 0 Å². The molecule has 7 nitrogen and oxygen atoms in total. The first kappa shape index (κ1) is 16.4. The lowest BCUT2D eigenvalue weighted by Crippen LogP contribution is -2.34. The topological polar surface area (TPSA) is 84.9 Å². The molecule has 114 valence electrons. The van der Waals surface area contributed by atoms with Crippen molar-refractivity contribution in [1.82, 2.24) is 10.2 Å². The van der Waals surface area contributed by atoms with Crippen molar-refractivity contribution >= 4 is 17.8 Å². The van der Waals surface area contributed by atoms with E-state index in [-0.39, 0.29) is 36.5 Å². The fourth-order valence-corrected chi connectivity index (χ4v) is 2.06. The molecule has 1 aliphatic rings. The van der Waals surface area contributed by atoms with Crippen molar-refractivity contribution in [1.29, 1.82) is 0 Å². The monoisotopic (exact) mass is 286 g/mol. The lowest BCUT2D eigenvalue weighted by Gasteiger charge is -2.15. The Kier molecular flexibility index (Phi) is 7.00. The highest BCUT2D eigenvalue weighted by atomic mass is 16.5. The van der Waals surface area contributed by atoms with E-state index in [0.717, 1.165) is 0 Å². The summed E-state index contributed by atoms with van der Waals surface area (Å²) in [7, 11) is 2.91. The van der Waals surface area contributed by atoms with Gasteiger partial charge in [-0.1, -0.05) is 0 Å². The molecule has 0 aromatic heterocycles. The van der Waals surface area contributed by atoms with Gasteiger partial charge >= 0.3 is 5.97 Å². The van der Waals surface area contributed by atoms with E-state index < -0.39 is 0 Å². The molecule has 0 radical (unpaired) electrons. The molecule has 1 atom stereocenters. The number of ether oxygens (including phenoxy) is 2. The molecular weight excluding hydrogens is 264 g/mol. The van der Waals surface area contributed by atoms with Crippen LogP contribution in [0.2, 0.25) is 0 Å². The van der Waals surface area contributed by atoms with E-state index in [9.17, 15) is 14.4 Å². The maximum absolute atomic E-state index is 11.9. The average Bonchev–Trinajstić information content (AvgIpc) is 2.82. The first-order chi connectivity index (χ1) is 9.58. The van der Waals surface area contributed by atoms with Crippen LogP contribution in [0.4, 0.5) is 0 Å². The Morgan fingerprint density at radius 3 is 2.80 bits per heavy atom. The molecule has 7 heteroatoms. The summed E-state index contributed by atoms with van der Waals surface area (Å²) in [4.78, 5) is 36.1. The largest absolute Gasteiger partial charge is 0.469 e. The van der Waals surface area contributed by atoms with Crippen LogP contribution in [-0.4, -0.2) is 63.1 Å². The second kappa shape index (κ2) is 8.52. The number of esters is 1. The number of hydrogen-bond acceptors (Lipinski definition) is 5. The van der Waals surface area contributed by atoms with Gasteiger partial charge in [0.15, 0.2) is 0 Å². The van der Waals surface area contributed by atoms with Gasteiger partial charge in [0.25, 0.3) is 0 Å². The highest BCUT2D eigenvalue weighted by molar-refractivity contribution is 5.89. The molecule has 1 N–H and O–H groups in total. The molecule has 0 aliphatic carbocycles. The van der Waals surface area contributed by atoms with Gasteiger partial charge in [-0.05, 0) is 6.42 Å². The fraction of sp³-hybridized carbons (Fsp3) is 0.769. The Labute approximate surface area is 118 Å². The first-order valence-corrected chi connectivity index (χ1v) is 6.69. The van der Waals surface area contributed by atoms with Crippen LogP contribution in [-0.2, 0) is 23.9 Å². The van der Waals surface area contributed by atoms with Crippen molar-refractivity contribution in [2.75, 3.05) is 40.5 Å². The van der Waals surface area contributed by atoms with Crippen molar-refractivity contribution in [2.24, 2.45) is 5.92 Å². The molecule has 0 aromatic rings. The molecule has 20 heavy (non-hydrogen) atoms. The summed E-state index contributed by atoms with van der Waals surface area (Å²) in [5.74, 6) is -0.751. The molecule has 1 aliphatic heterocycles. The van der Waals surface area contributed by atoms with Crippen LogP contribution in [0.25, 0.3) is 0 Å². The van der Waals surface area contributed by atoms with E-state index in [1.807, 2.05) is 0 Å². The summed E-state index contributed by atoms with van der Waals surface area (Å²) in [5.41, 5.74) is 0. The number of rotatable bonds is 8. The molecule has 0 aromatic carbocycles. The Balaban J connectivity index is 2.24. The van der Waals surface area contributed by atoms with Crippen molar-refractivity contribution in [3.05, 3.63) is 0 Å². The van der Waals surface area contributed by atoms with Gasteiger partial charge < -0.3 is 19.7 Å². The lowest BCUT2D eigenvalue weighted by atomic mass is 10.1. The number of carbonyl (C=O) groups excluding carboxylic acids is 3. The third kappa shape index (κ3) is 5.16. The second-order valence-electron chi connectivity index (χ2n) is 4.70. The Bertz CT molecular complexity index is 359. The molecule has 1 fully saturated rings. The number of hydrogen-bond donors (Lipinski definition) is 1. The van der Waals surface area contributed by atoms with Crippen LogP contribution in [0, 0.1) is 5.92 Å². The standard InChI is InChI=1S/C13H22N2O5/c1-19-7-6-15-9-10(8-11(15)16)13(18)14-5-3-4-12(17)20-2/h10H,3-9H2,1-2H3,(H,14,18). The normalized spacial score (nSPS) is 18.2. The molecule has 1 saturated heterocycles. The van der Waals surface area contributed by atoms with Gasteiger partial charge in [0.2, 0.25) is 11.8 Å². The zero-order valence-electron chi connectivity index (χ0n) is 12.0. The summed E-state index contributed by atoms with van der Waals surface area (Å²) in [6.45, 7) is 1.84. The maximum Gasteiger partial charge on any atom is 0.305 e. The van der Waals surface area contributed by atoms with Crippen LogP contribution >= 0.6 is 0 Å². The van der Waals surface area contributed by atoms with E-state index in [1.165, 1.54) is 7.11 Å². The molecule has 1 unspecified atom stereocenters. The zero-order valence-corrected chi connectivity index (χ0v) is 12.0. The summed E-state index contributed by atoms with van der Waals surface area (Å²) in [5, 5.41) is 2.74. The number of methoxy groups -OCH3 is 2. The molecule has 2 amide bonds. The summed E-state index contributed by atoms with van der Waals surface area (Å²) < 4.78 is 9.43. The number of likely N-dealkylation sites (tertiary alicyclic amines) is 1. The minimum atomic E-state index is -0.308. The van der Waals surface area contributed by atoms with Crippen LogP contribution in [0.1, 0.15) is 19.3 Å². The van der Waals surface area contributed by atoms with Gasteiger partial charge in [0.1, 0.15) is 0 Å². The third-order valence-corrected chi connectivity index (χ3v) is 3.24. The molecule has 1 rings (SSSR count). The van der Waals surface area contributed by atoms with Gasteiger partial charge in [-0.3, -0.25) is 14.4 Å². The second-order valence-corrected chi connectivity index (χ2v) is 4.70.